The Morgan fingerprint density at radius 1 is 1.17 bits per heavy atom. The predicted molar refractivity (Wildman–Crippen MR) is 89.0 cm³/mol. The topological polar surface area (TPSA) is 54.3 Å². The molecule has 0 N–H and O–H groups in total. The zero-order valence-corrected chi connectivity index (χ0v) is 14.9. The predicted octanol–water partition coefficient (Wildman–Crippen LogP) is 1.87. The summed E-state index contributed by atoms with van der Waals surface area (Å²) < 4.78 is 2.27. The van der Waals surface area contributed by atoms with Crippen molar-refractivity contribution in [2.75, 3.05) is 26.2 Å². The average Bonchev–Trinajstić information content (AvgIpc) is 2.97. The second-order valence-electron chi connectivity index (χ2n) is 8.07. The van der Waals surface area contributed by atoms with Crippen LogP contribution in [0.1, 0.15) is 58.2 Å². The summed E-state index contributed by atoms with van der Waals surface area (Å²) >= 11 is 0. The van der Waals surface area contributed by atoms with Crippen LogP contribution in [0.2, 0.25) is 0 Å². The molecule has 1 amide bonds. The summed E-state index contributed by atoms with van der Waals surface area (Å²) in [6.45, 7) is 13.1. The molecule has 1 aromatic rings. The van der Waals surface area contributed by atoms with E-state index in [-0.39, 0.29) is 11.3 Å². The molecule has 23 heavy (non-hydrogen) atoms. The van der Waals surface area contributed by atoms with Crippen molar-refractivity contribution in [1.82, 2.24) is 24.6 Å². The Morgan fingerprint density at radius 3 is 2.65 bits per heavy atom. The second kappa shape index (κ2) is 6.23. The smallest absolute Gasteiger partial charge is 0.219 e. The molecule has 0 bridgehead atoms. The molecule has 0 saturated carbocycles. The van der Waals surface area contributed by atoms with Gasteiger partial charge in [0.25, 0.3) is 0 Å². The Morgan fingerprint density at radius 2 is 1.96 bits per heavy atom. The van der Waals surface area contributed by atoms with Crippen molar-refractivity contribution in [1.29, 1.82) is 0 Å². The maximum Gasteiger partial charge on any atom is 0.219 e. The number of hydrogen-bond acceptors (Lipinski definition) is 4. The number of nitrogens with zero attached hydrogens (tertiary/aromatic N) is 5. The molecular formula is C17H29N5O. The van der Waals surface area contributed by atoms with Crippen LogP contribution in [-0.4, -0.2) is 56.7 Å². The quantitative estimate of drug-likeness (QED) is 0.835. The van der Waals surface area contributed by atoms with E-state index in [0.717, 1.165) is 57.2 Å². The highest BCUT2D eigenvalue weighted by molar-refractivity contribution is 5.73. The maximum atomic E-state index is 11.6. The molecule has 3 heterocycles. The van der Waals surface area contributed by atoms with Crippen LogP contribution in [0.5, 0.6) is 0 Å². The third kappa shape index (κ3) is 3.57. The zero-order valence-electron chi connectivity index (χ0n) is 14.9. The van der Waals surface area contributed by atoms with Gasteiger partial charge in [-0.05, 0) is 24.8 Å². The fourth-order valence-electron chi connectivity index (χ4n) is 3.82. The number of fused-ring (bicyclic) bond motifs is 1. The molecule has 0 aliphatic carbocycles. The Kier molecular flexibility index (Phi) is 4.45. The molecule has 2 aliphatic rings. The van der Waals surface area contributed by atoms with Crippen LogP contribution < -0.4 is 0 Å². The van der Waals surface area contributed by atoms with E-state index < -0.39 is 0 Å². The third-order valence-corrected chi connectivity index (χ3v) is 4.84. The standard InChI is InChI=1S/C17H29N5O/c1-13(23)20-9-7-15-18-19-16(22(15)11-10-20)14-6-5-8-21(14)12-17(2,3)4/h14H,5-12H2,1-4H3. The highest BCUT2D eigenvalue weighted by Crippen LogP contribution is 2.34. The van der Waals surface area contributed by atoms with Gasteiger partial charge in [0, 0.05) is 39.5 Å². The van der Waals surface area contributed by atoms with Crippen molar-refractivity contribution in [2.24, 2.45) is 5.41 Å². The largest absolute Gasteiger partial charge is 0.341 e. The number of aromatic nitrogens is 3. The minimum Gasteiger partial charge on any atom is -0.341 e. The van der Waals surface area contributed by atoms with Crippen LogP contribution in [0.25, 0.3) is 0 Å². The highest BCUT2D eigenvalue weighted by Gasteiger charge is 2.33. The van der Waals surface area contributed by atoms with Gasteiger partial charge >= 0.3 is 0 Å². The zero-order chi connectivity index (χ0) is 16.6. The van der Waals surface area contributed by atoms with Crippen LogP contribution in [0.15, 0.2) is 0 Å². The average molecular weight is 319 g/mol. The first kappa shape index (κ1) is 16.4. The van der Waals surface area contributed by atoms with Crippen LogP contribution in [-0.2, 0) is 17.8 Å². The first-order valence-electron chi connectivity index (χ1n) is 8.77. The summed E-state index contributed by atoms with van der Waals surface area (Å²) in [7, 11) is 0. The molecule has 0 aromatic carbocycles. The normalized spacial score (nSPS) is 23.0. The summed E-state index contributed by atoms with van der Waals surface area (Å²) in [5, 5.41) is 8.97. The Hall–Kier alpha value is -1.43. The Bertz CT molecular complexity index is 574. The van der Waals surface area contributed by atoms with E-state index in [0.29, 0.717) is 6.04 Å². The second-order valence-corrected chi connectivity index (χ2v) is 8.07. The lowest BCUT2D eigenvalue weighted by Crippen LogP contribution is -2.34. The van der Waals surface area contributed by atoms with E-state index in [9.17, 15) is 4.79 Å². The summed E-state index contributed by atoms with van der Waals surface area (Å²) in [4.78, 5) is 16.1. The molecule has 1 aromatic heterocycles. The van der Waals surface area contributed by atoms with E-state index in [4.69, 9.17) is 0 Å². The van der Waals surface area contributed by atoms with E-state index in [1.165, 1.54) is 6.42 Å². The van der Waals surface area contributed by atoms with Gasteiger partial charge in [0.15, 0.2) is 0 Å². The highest BCUT2D eigenvalue weighted by atomic mass is 16.2. The number of likely N-dealkylation sites (tertiary alicyclic amines) is 1. The lowest BCUT2D eigenvalue weighted by atomic mass is 9.95. The first-order chi connectivity index (χ1) is 10.8. The van der Waals surface area contributed by atoms with Gasteiger partial charge in [-0.3, -0.25) is 9.69 Å². The molecule has 2 aliphatic heterocycles. The van der Waals surface area contributed by atoms with Crippen LogP contribution in [0.3, 0.4) is 0 Å². The van der Waals surface area contributed by atoms with Gasteiger partial charge in [0.1, 0.15) is 11.6 Å². The monoisotopic (exact) mass is 319 g/mol. The molecule has 1 atom stereocenters. The number of amides is 1. The Labute approximate surface area is 138 Å². The minimum atomic E-state index is 0.153. The minimum absolute atomic E-state index is 0.153. The summed E-state index contributed by atoms with van der Waals surface area (Å²) in [6, 6.07) is 0.374. The number of carbonyl (C=O) groups excluding carboxylic acids is 1. The summed E-state index contributed by atoms with van der Waals surface area (Å²) in [6.07, 6.45) is 3.19. The lowest BCUT2D eigenvalue weighted by Gasteiger charge is -2.31. The Balaban J connectivity index is 1.80. The fraction of sp³-hybridized carbons (Fsp3) is 0.824. The van der Waals surface area contributed by atoms with Crippen molar-refractivity contribution < 1.29 is 4.79 Å². The maximum absolute atomic E-state index is 11.6. The summed E-state index contributed by atoms with van der Waals surface area (Å²) in [5.41, 5.74) is 0.287. The number of carbonyl (C=O) groups is 1. The van der Waals surface area contributed by atoms with Crippen molar-refractivity contribution in [2.45, 2.75) is 59.5 Å². The molecule has 0 radical (unpaired) electrons. The van der Waals surface area contributed by atoms with E-state index in [1.807, 2.05) is 4.90 Å². The van der Waals surface area contributed by atoms with Crippen molar-refractivity contribution in [3.8, 4) is 0 Å². The SMILES string of the molecule is CC(=O)N1CCc2nnc(C3CCCN3CC(C)(C)C)n2CC1. The van der Waals surface area contributed by atoms with Crippen LogP contribution in [0.4, 0.5) is 0 Å². The van der Waals surface area contributed by atoms with Crippen molar-refractivity contribution >= 4 is 5.91 Å². The van der Waals surface area contributed by atoms with Gasteiger partial charge in [-0.15, -0.1) is 10.2 Å². The molecule has 0 spiro atoms. The van der Waals surface area contributed by atoms with Crippen molar-refractivity contribution in [3.05, 3.63) is 11.6 Å². The molecule has 3 rings (SSSR count). The van der Waals surface area contributed by atoms with Gasteiger partial charge in [0.05, 0.1) is 6.04 Å². The van der Waals surface area contributed by atoms with Gasteiger partial charge in [0.2, 0.25) is 5.91 Å². The van der Waals surface area contributed by atoms with Gasteiger partial charge < -0.3 is 9.47 Å². The molecule has 1 fully saturated rings. The van der Waals surface area contributed by atoms with Gasteiger partial charge in [-0.2, -0.15) is 0 Å². The van der Waals surface area contributed by atoms with E-state index in [1.54, 1.807) is 6.92 Å². The number of rotatable bonds is 2. The van der Waals surface area contributed by atoms with E-state index >= 15 is 0 Å². The molecule has 6 heteroatoms. The van der Waals surface area contributed by atoms with Crippen LogP contribution in [0, 0.1) is 5.41 Å². The van der Waals surface area contributed by atoms with E-state index in [2.05, 4.69) is 40.4 Å². The third-order valence-electron chi connectivity index (χ3n) is 4.84. The number of hydrogen-bond donors (Lipinski definition) is 0. The summed E-state index contributed by atoms with van der Waals surface area (Å²) in [5.74, 6) is 2.29. The van der Waals surface area contributed by atoms with Crippen LogP contribution >= 0.6 is 0 Å². The molecule has 1 saturated heterocycles. The van der Waals surface area contributed by atoms with Gasteiger partial charge in [-0.25, -0.2) is 0 Å². The molecule has 6 nitrogen and oxygen atoms in total. The molecular weight excluding hydrogens is 290 g/mol. The van der Waals surface area contributed by atoms with Gasteiger partial charge in [-0.1, -0.05) is 20.8 Å². The fourth-order valence-corrected chi connectivity index (χ4v) is 3.82. The molecule has 1 unspecified atom stereocenters. The van der Waals surface area contributed by atoms with Crippen molar-refractivity contribution in [3.63, 3.8) is 0 Å². The molecule has 128 valence electrons. The lowest BCUT2D eigenvalue weighted by molar-refractivity contribution is -0.128. The first-order valence-corrected chi connectivity index (χ1v) is 8.77.